The number of ether oxygens (including phenoxy) is 2. The van der Waals surface area contributed by atoms with Crippen molar-refractivity contribution < 1.29 is 29.9 Å². The molecule has 176 valence electrons. The number of nitrogens with one attached hydrogen (secondary N) is 1. The highest BCUT2D eigenvalue weighted by Gasteiger charge is 2.45. The zero-order valence-electron chi connectivity index (χ0n) is 17.7. The molecule has 7 N–H and O–H groups in total. The molecule has 0 radical (unpaired) electrons. The van der Waals surface area contributed by atoms with Gasteiger partial charge < -0.3 is 35.6 Å². The first-order chi connectivity index (χ1) is 15.7. The van der Waals surface area contributed by atoms with Crippen LogP contribution in [0.1, 0.15) is 11.8 Å². The number of fused-ring (bicyclic) bond motifs is 1. The van der Waals surface area contributed by atoms with Crippen molar-refractivity contribution >= 4 is 29.3 Å². The molecule has 1 aliphatic heterocycles. The first-order valence-corrected chi connectivity index (χ1v) is 9.80. The number of aliphatic hydroxyl groups excluding tert-OH is 3. The monoisotopic (exact) mass is 461 g/mol. The summed E-state index contributed by atoms with van der Waals surface area (Å²) in [5, 5.41) is 45.8. The molecule has 4 atom stereocenters. The molecule has 0 unspecified atom stereocenters. The maximum Gasteiger partial charge on any atom is 0.280 e. The molecule has 1 aromatic carbocycles. The number of rotatable bonds is 6. The van der Waals surface area contributed by atoms with Crippen LogP contribution in [-0.4, -0.2) is 85.2 Å². The summed E-state index contributed by atoms with van der Waals surface area (Å²) in [4.78, 5) is 23.1. The Morgan fingerprint density at radius 1 is 1.36 bits per heavy atom. The number of nitrogens with two attached hydrogens (primary N) is 1. The van der Waals surface area contributed by atoms with E-state index in [0.717, 1.165) is 0 Å². The van der Waals surface area contributed by atoms with E-state index >= 15 is 0 Å². The minimum atomic E-state index is -1.47. The van der Waals surface area contributed by atoms with Crippen LogP contribution in [0.2, 0.25) is 0 Å². The molecule has 0 spiro atoms. The van der Waals surface area contributed by atoms with Crippen molar-refractivity contribution in [2.24, 2.45) is 5.10 Å². The molecule has 0 aliphatic carbocycles. The topological polar surface area (TPSA) is 205 Å². The summed E-state index contributed by atoms with van der Waals surface area (Å²) < 4.78 is 11.9. The molecule has 1 aliphatic rings. The normalized spacial score (nSPS) is 22.9. The fourth-order valence-electron chi connectivity index (χ4n) is 3.51. The highest BCUT2D eigenvalue weighted by molar-refractivity contribution is 5.84. The van der Waals surface area contributed by atoms with Gasteiger partial charge in [0.1, 0.15) is 29.8 Å². The van der Waals surface area contributed by atoms with Gasteiger partial charge in [-0.05, 0) is 12.1 Å². The van der Waals surface area contributed by atoms with E-state index in [1.807, 2.05) is 0 Å². The van der Waals surface area contributed by atoms with Crippen molar-refractivity contribution in [3.63, 3.8) is 0 Å². The molecule has 0 saturated carbocycles. The number of benzene rings is 1. The maximum absolute atomic E-state index is 12.4. The third kappa shape index (κ3) is 3.95. The van der Waals surface area contributed by atoms with Gasteiger partial charge in [0.25, 0.3) is 5.56 Å². The van der Waals surface area contributed by atoms with Gasteiger partial charge in [-0.2, -0.15) is 10.1 Å². The van der Waals surface area contributed by atoms with Crippen LogP contribution < -0.4 is 21.0 Å². The van der Waals surface area contributed by atoms with Gasteiger partial charge in [0, 0.05) is 18.7 Å². The number of nitrogens with zero attached hydrogens (tertiary/aromatic N) is 5. The lowest BCUT2D eigenvalue weighted by Crippen LogP contribution is -2.33. The van der Waals surface area contributed by atoms with E-state index < -0.39 is 36.7 Å². The Morgan fingerprint density at radius 2 is 2.12 bits per heavy atom. The van der Waals surface area contributed by atoms with Crippen LogP contribution in [0.5, 0.6) is 11.5 Å². The third-order valence-corrected chi connectivity index (χ3v) is 5.22. The highest BCUT2D eigenvalue weighted by Crippen LogP contribution is 2.35. The van der Waals surface area contributed by atoms with Gasteiger partial charge >= 0.3 is 0 Å². The number of phenolic OH excluding ortho intramolecular Hbond substituents is 1. The number of anilines is 2. The van der Waals surface area contributed by atoms with Crippen LogP contribution in [-0.2, 0) is 4.74 Å². The second-order valence-corrected chi connectivity index (χ2v) is 7.33. The predicted molar refractivity (Wildman–Crippen MR) is 116 cm³/mol. The number of methoxy groups -OCH3 is 1. The van der Waals surface area contributed by atoms with Gasteiger partial charge in [-0.3, -0.25) is 14.3 Å². The van der Waals surface area contributed by atoms with Gasteiger partial charge in [-0.15, -0.1) is 0 Å². The summed E-state index contributed by atoms with van der Waals surface area (Å²) in [7, 11) is 2.98. The summed E-state index contributed by atoms with van der Waals surface area (Å²) in [6, 6.07) is 4.65. The number of aliphatic hydroxyl groups is 3. The summed E-state index contributed by atoms with van der Waals surface area (Å²) >= 11 is 0. The van der Waals surface area contributed by atoms with Crippen molar-refractivity contribution in [1.29, 1.82) is 0 Å². The fraction of sp³-hybridized carbons (Fsp3) is 0.368. The molecule has 0 amide bonds. The molecule has 14 nitrogen and oxygen atoms in total. The zero-order valence-corrected chi connectivity index (χ0v) is 17.7. The number of imidazole rings is 1. The van der Waals surface area contributed by atoms with Crippen molar-refractivity contribution in [1.82, 2.24) is 19.5 Å². The van der Waals surface area contributed by atoms with E-state index in [9.17, 15) is 25.2 Å². The van der Waals surface area contributed by atoms with Gasteiger partial charge in [-0.25, -0.2) is 9.99 Å². The lowest BCUT2D eigenvalue weighted by Gasteiger charge is -2.21. The van der Waals surface area contributed by atoms with Crippen LogP contribution >= 0.6 is 0 Å². The number of aromatic hydroxyl groups is 1. The van der Waals surface area contributed by atoms with Crippen LogP contribution in [0.4, 0.5) is 11.9 Å². The molecule has 0 bridgehead atoms. The van der Waals surface area contributed by atoms with Crippen molar-refractivity contribution in [3.8, 4) is 11.5 Å². The van der Waals surface area contributed by atoms with Crippen LogP contribution in [0.3, 0.4) is 0 Å². The molecule has 14 heteroatoms. The van der Waals surface area contributed by atoms with Crippen LogP contribution in [0.15, 0.2) is 28.1 Å². The van der Waals surface area contributed by atoms with Gasteiger partial charge in [0.2, 0.25) is 11.9 Å². The van der Waals surface area contributed by atoms with Crippen molar-refractivity contribution in [3.05, 3.63) is 34.1 Å². The van der Waals surface area contributed by atoms with Gasteiger partial charge in [0.15, 0.2) is 17.4 Å². The molecule has 4 rings (SSSR count). The number of nitrogen functional groups attached to an aromatic ring is 1. The average molecular weight is 461 g/mol. The maximum atomic E-state index is 12.4. The minimum absolute atomic E-state index is 0.0181. The molecule has 3 heterocycles. The molecule has 33 heavy (non-hydrogen) atoms. The standard InChI is InChI=1S/C19H23N7O7/c1-25(21-6-8-3-4-9(32-2)5-10(8)28)19-22-12-15(23-18(20)24-16(12)31)26(19)17-14(30)13(29)11(7-27)33-17/h3-6,11,13-14,17,27-30H,7H2,1-2H3,(H3,20,23,24,31)/b21-6+/t11-,13-,14-,17-/m1/s1. The van der Waals surface area contributed by atoms with Crippen LogP contribution in [0.25, 0.3) is 11.2 Å². The van der Waals surface area contributed by atoms with E-state index in [2.05, 4.69) is 20.1 Å². The summed E-state index contributed by atoms with van der Waals surface area (Å²) in [5.41, 5.74) is 5.31. The van der Waals surface area contributed by atoms with Gasteiger partial charge in [-0.1, -0.05) is 0 Å². The Balaban J connectivity index is 1.79. The minimum Gasteiger partial charge on any atom is -0.507 e. The predicted octanol–water partition coefficient (Wildman–Crippen LogP) is -1.50. The van der Waals surface area contributed by atoms with E-state index in [1.54, 1.807) is 12.1 Å². The van der Waals surface area contributed by atoms with Gasteiger partial charge in [0.05, 0.1) is 19.9 Å². The largest absolute Gasteiger partial charge is 0.507 e. The first kappa shape index (κ1) is 22.5. The van der Waals surface area contributed by atoms with E-state index in [1.165, 1.54) is 36.0 Å². The van der Waals surface area contributed by atoms with Crippen molar-refractivity contribution in [2.45, 2.75) is 24.5 Å². The number of hydrazone groups is 1. The van der Waals surface area contributed by atoms with Crippen molar-refractivity contribution in [2.75, 3.05) is 31.5 Å². The quantitative estimate of drug-likeness (QED) is 0.184. The third-order valence-electron chi connectivity index (χ3n) is 5.22. The highest BCUT2D eigenvalue weighted by atomic mass is 16.6. The fourth-order valence-corrected chi connectivity index (χ4v) is 3.51. The Labute approximate surface area is 186 Å². The molecule has 2 aromatic heterocycles. The summed E-state index contributed by atoms with van der Waals surface area (Å²) in [6.45, 7) is -0.544. The first-order valence-electron chi connectivity index (χ1n) is 9.80. The number of hydrogen-bond acceptors (Lipinski definition) is 12. The number of aromatic amines is 1. The Hall–Kier alpha value is -3.72. The summed E-state index contributed by atoms with van der Waals surface area (Å²) in [5.74, 6) is 0.218. The second-order valence-electron chi connectivity index (χ2n) is 7.33. The lowest BCUT2D eigenvalue weighted by molar-refractivity contribution is -0.0504. The number of phenols is 1. The Kier molecular flexibility index (Phi) is 5.90. The SMILES string of the molecule is COc1ccc(/C=N/N(C)c2nc3c(=O)[nH]c(N)nc3n2[C@@H]2O[C@H](CO)[C@@H](O)[C@H]2O)c(O)c1. The lowest BCUT2D eigenvalue weighted by atomic mass is 10.1. The zero-order chi connectivity index (χ0) is 23.9. The molecule has 3 aromatic rings. The summed E-state index contributed by atoms with van der Waals surface area (Å²) in [6.07, 6.45) is -3.84. The smallest absolute Gasteiger partial charge is 0.280 e. The molecule has 1 fully saturated rings. The van der Waals surface area contributed by atoms with Crippen LogP contribution in [0, 0.1) is 0 Å². The van der Waals surface area contributed by atoms with E-state index in [-0.39, 0.29) is 28.8 Å². The number of aromatic nitrogens is 4. The second kappa shape index (κ2) is 8.67. The molecular formula is C19H23N7O7. The Morgan fingerprint density at radius 3 is 2.76 bits per heavy atom. The number of H-pyrrole nitrogens is 1. The van der Waals surface area contributed by atoms with E-state index in [0.29, 0.717) is 11.3 Å². The average Bonchev–Trinajstić information content (AvgIpc) is 3.30. The molecule has 1 saturated heterocycles. The number of hydrogen-bond donors (Lipinski definition) is 6. The molecular weight excluding hydrogens is 438 g/mol. The van der Waals surface area contributed by atoms with E-state index in [4.69, 9.17) is 15.2 Å². The Bertz CT molecular complexity index is 1260.